The summed E-state index contributed by atoms with van der Waals surface area (Å²) in [6.07, 6.45) is -4.61. The highest BCUT2D eigenvalue weighted by Crippen LogP contribution is 2.54. The van der Waals surface area contributed by atoms with Gasteiger partial charge < -0.3 is 34.8 Å². The predicted molar refractivity (Wildman–Crippen MR) is 141 cm³/mol. The molecule has 2 aliphatic carbocycles. The molecule has 0 saturated carbocycles. The quantitative estimate of drug-likeness (QED) is 0.452. The number of carbonyl (C=O) groups excluding carboxylic acids is 2. The molecule has 5 atom stereocenters. The van der Waals surface area contributed by atoms with Crippen LogP contribution in [0.3, 0.4) is 0 Å². The van der Waals surface area contributed by atoms with Crippen LogP contribution in [-0.2, 0) is 14.3 Å². The number of rotatable bonds is 4. The molecule has 0 radical (unpaired) electrons. The maximum absolute atomic E-state index is 13.6. The summed E-state index contributed by atoms with van der Waals surface area (Å²) in [5, 5.41) is 39.9. The Morgan fingerprint density at radius 1 is 0.846 bits per heavy atom. The molecule has 4 N–H and O–H groups in total. The molecular formula is C30H39NO8. The number of benzene rings is 1. The van der Waals surface area contributed by atoms with Crippen LogP contribution in [0.1, 0.15) is 64.9 Å². The van der Waals surface area contributed by atoms with E-state index in [1.807, 2.05) is 19.2 Å². The molecule has 9 heteroatoms. The number of Topliss-reactive ketones (excluding diaryl/α,β-unsaturated/α-hetero) is 2. The molecule has 5 rings (SSSR count). The molecule has 1 saturated heterocycles. The Bertz CT molecular complexity index is 1170. The van der Waals surface area contributed by atoms with Gasteiger partial charge in [-0.2, -0.15) is 0 Å². The highest BCUT2D eigenvalue weighted by molar-refractivity contribution is 6.06. The van der Waals surface area contributed by atoms with E-state index in [-0.39, 0.29) is 22.4 Å². The van der Waals surface area contributed by atoms with Crippen LogP contribution in [0.25, 0.3) is 0 Å². The summed E-state index contributed by atoms with van der Waals surface area (Å²) in [7, 11) is 1.97. The number of ether oxygens (including phenoxy) is 2. The highest BCUT2D eigenvalue weighted by atomic mass is 16.7. The zero-order chi connectivity index (χ0) is 28.4. The van der Waals surface area contributed by atoms with Crippen LogP contribution in [0.5, 0.6) is 5.75 Å². The van der Waals surface area contributed by atoms with Crippen molar-refractivity contribution in [2.24, 2.45) is 10.8 Å². The number of carbonyl (C=O) groups is 2. The number of aliphatic hydroxyl groups excluding tert-OH is 4. The third-order valence-corrected chi connectivity index (χ3v) is 8.49. The predicted octanol–water partition coefficient (Wildman–Crippen LogP) is 2.18. The molecule has 1 aromatic carbocycles. The van der Waals surface area contributed by atoms with E-state index in [1.165, 1.54) is 0 Å². The lowest BCUT2D eigenvalue weighted by Crippen LogP contribution is -2.60. The second kappa shape index (κ2) is 9.82. The first-order valence-electron chi connectivity index (χ1n) is 13.6. The molecule has 212 valence electrons. The molecular weight excluding hydrogens is 502 g/mol. The van der Waals surface area contributed by atoms with Crippen molar-refractivity contribution in [3.05, 3.63) is 52.4 Å². The molecule has 2 aliphatic heterocycles. The first-order valence-corrected chi connectivity index (χ1v) is 13.6. The molecule has 2 heterocycles. The second-order valence-corrected chi connectivity index (χ2v) is 13.0. The summed E-state index contributed by atoms with van der Waals surface area (Å²) in [5.41, 5.74) is 3.77. The number of hydrogen-bond acceptors (Lipinski definition) is 9. The average Bonchev–Trinajstić information content (AvgIpc) is 2.85. The van der Waals surface area contributed by atoms with Crippen LogP contribution in [0.2, 0.25) is 0 Å². The Balaban J connectivity index is 1.51. The van der Waals surface area contributed by atoms with Crippen molar-refractivity contribution in [1.29, 1.82) is 0 Å². The van der Waals surface area contributed by atoms with E-state index in [2.05, 4.69) is 32.6 Å². The van der Waals surface area contributed by atoms with E-state index < -0.39 is 43.2 Å². The van der Waals surface area contributed by atoms with Gasteiger partial charge in [-0.15, -0.1) is 0 Å². The Morgan fingerprint density at radius 3 is 1.85 bits per heavy atom. The van der Waals surface area contributed by atoms with E-state index in [1.54, 1.807) is 12.1 Å². The molecule has 9 nitrogen and oxygen atoms in total. The van der Waals surface area contributed by atoms with Gasteiger partial charge in [0.2, 0.25) is 6.29 Å². The minimum atomic E-state index is -1.54. The van der Waals surface area contributed by atoms with E-state index in [0.29, 0.717) is 29.7 Å². The Labute approximate surface area is 228 Å². The lowest BCUT2D eigenvalue weighted by atomic mass is 9.64. The van der Waals surface area contributed by atoms with Crippen LogP contribution in [-0.4, -0.2) is 81.3 Å². The first-order chi connectivity index (χ1) is 18.2. The maximum Gasteiger partial charge on any atom is 0.229 e. The SMILES string of the molecule is CN1C2=C(C(=O)CC(C)(C)C2)C(c2ccc(O[C@@H]3O[C@H](CO)[C@@H](O)[C@@H](O)[C@H]3O)cc2)C2=C1CC(C)(C)CC2=O. The van der Waals surface area contributed by atoms with Crippen LogP contribution >= 0.6 is 0 Å². The van der Waals surface area contributed by atoms with Gasteiger partial charge in [0.05, 0.1) is 6.61 Å². The molecule has 0 unspecified atom stereocenters. The zero-order valence-electron chi connectivity index (χ0n) is 23.2. The fourth-order valence-corrected chi connectivity index (χ4v) is 6.54. The van der Waals surface area contributed by atoms with Gasteiger partial charge in [-0.25, -0.2) is 0 Å². The molecule has 1 aromatic rings. The van der Waals surface area contributed by atoms with Crippen molar-refractivity contribution in [3.63, 3.8) is 0 Å². The Morgan fingerprint density at radius 2 is 1.36 bits per heavy atom. The molecule has 0 spiro atoms. The largest absolute Gasteiger partial charge is 0.462 e. The number of hydrogen-bond donors (Lipinski definition) is 4. The summed E-state index contributed by atoms with van der Waals surface area (Å²) in [4.78, 5) is 29.3. The maximum atomic E-state index is 13.6. The Kier molecular flexibility index (Phi) is 7.04. The number of nitrogens with zero attached hydrogens (tertiary/aromatic N) is 1. The lowest BCUT2D eigenvalue weighted by molar-refractivity contribution is -0.277. The van der Waals surface area contributed by atoms with Gasteiger partial charge in [0.25, 0.3) is 0 Å². The van der Waals surface area contributed by atoms with Gasteiger partial charge in [-0.1, -0.05) is 39.8 Å². The number of allylic oxidation sites excluding steroid dienone is 4. The van der Waals surface area contributed by atoms with Crippen molar-refractivity contribution >= 4 is 11.6 Å². The summed E-state index contributed by atoms with van der Waals surface area (Å²) < 4.78 is 11.2. The van der Waals surface area contributed by atoms with Crippen LogP contribution < -0.4 is 4.74 Å². The van der Waals surface area contributed by atoms with Crippen molar-refractivity contribution in [2.75, 3.05) is 13.7 Å². The minimum Gasteiger partial charge on any atom is -0.462 e. The summed E-state index contributed by atoms with van der Waals surface area (Å²) in [6.45, 7) is 7.85. The second-order valence-electron chi connectivity index (χ2n) is 13.0. The zero-order valence-corrected chi connectivity index (χ0v) is 23.2. The fourth-order valence-electron chi connectivity index (χ4n) is 6.54. The van der Waals surface area contributed by atoms with Crippen LogP contribution in [0, 0.1) is 10.8 Å². The fraction of sp³-hybridized carbons (Fsp3) is 0.600. The number of ketones is 2. The molecule has 0 aromatic heterocycles. The highest BCUT2D eigenvalue weighted by Gasteiger charge is 2.48. The van der Waals surface area contributed by atoms with Crippen LogP contribution in [0.15, 0.2) is 46.8 Å². The summed E-state index contributed by atoms with van der Waals surface area (Å²) in [5.74, 6) is -0.0285. The molecule has 39 heavy (non-hydrogen) atoms. The topological polar surface area (TPSA) is 137 Å². The molecule has 4 aliphatic rings. The minimum absolute atomic E-state index is 0.0592. The van der Waals surface area contributed by atoms with Gasteiger partial charge in [0.1, 0.15) is 30.2 Å². The summed E-state index contributed by atoms with van der Waals surface area (Å²) >= 11 is 0. The average molecular weight is 542 g/mol. The van der Waals surface area contributed by atoms with E-state index in [4.69, 9.17) is 9.47 Å². The van der Waals surface area contributed by atoms with Crippen molar-refractivity contribution in [2.45, 2.75) is 90.0 Å². The van der Waals surface area contributed by atoms with Crippen LogP contribution in [0.4, 0.5) is 0 Å². The van der Waals surface area contributed by atoms with Gasteiger partial charge in [-0.05, 0) is 41.4 Å². The first kappa shape index (κ1) is 28.0. The van der Waals surface area contributed by atoms with Crippen molar-refractivity contribution in [3.8, 4) is 5.75 Å². The monoisotopic (exact) mass is 541 g/mol. The van der Waals surface area contributed by atoms with Gasteiger partial charge in [-0.3, -0.25) is 9.59 Å². The van der Waals surface area contributed by atoms with Gasteiger partial charge in [0, 0.05) is 48.3 Å². The third-order valence-electron chi connectivity index (χ3n) is 8.49. The normalized spacial score (nSPS) is 32.7. The van der Waals surface area contributed by atoms with Crippen molar-refractivity contribution in [1.82, 2.24) is 4.90 Å². The van der Waals surface area contributed by atoms with E-state index in [0.717, 1.165) is 29.8 Å². The summed E-state index contributed by atoms with van der Waals surface area (Å²) in [6, 6.07) is 6.96. The lowest BCUT2D eigenvalue weighted by Gasteiger charge is -2.47. The third kappa shape index (κ3) is 4.95. The molecule has 1 fully saturated rings. The molecule has 0 amide bonds. The standard InChI is InChI=1S/C30H39NO8/c1-29(2)10-17-23(19(33)12-29)22(24-18(31(17)5)11-30(3,4)13-20(24)34)15-6-8-16(9-7-15)38-28-27(37)26(36)25(35)21(14-32)39-28/h6-9,21-22,25-28,32,35-37H,10-14H2,1-5H3/t21-,25-,26-,27-,28-/m1/s1. The van der Waals surface area contributed by atoms with E-state index >= 15 is 0 Å². The van der Waals surface area contributed by atoms with Gasteiger partial charge >= 0.3 is 0 Å². The smallest absolute Gasteiger partial charge is 0.229 e. The van der Waals surface area contributed by atoms with Crippen molar-refractivity contribution < 1.29 is 39.5 Å². The Hall–Kier alpha value is -2.56. The van der Waals surface area contributed by atoms with Gasteiger partial charge in [0.15, 0.2) is 11.6 Å². The molecule has 0 bridgehead atoms. The number of aliphatic hydroxyl groups is 4. The van der Waals surface area contributed by atoms with E-state index in [9.17, 15) is 30.0 Å².